The second kappa shape index (κ2) is 6.44. The van der Waals surface area contributed by atoms with Gasteiger partial charge in [0.15, 0.2) is 5.82 Å². The third-order valence-electron chi connectivity index (χ3n) is 3.51. The molecule has 0 radical (unpaired) electrons. The number of nitrogens with zero attached hydrogens (tertiary/aromatic N) is 2. The van der Waals surface area contributed by atoms with Crippen LogP contribution in [0.4, 0.5) is 0 Å². The minimum Gasteiger partial charge on any atom is -0.342 e. The number of hydrogen-bond acceptors (Lipinski definition) is 4. The van der Waals surface area contributed by atoms with E-state index in [2.05, 4.69) is 15.5 Å². The number of amides is 1. The van der Waals surface area contributed by atoms with E-state index in [0.717, 1.165) is 11.1 Å². The monoisotopic (exact) mass is 307 g/mol. The van der Waals surface area contributed by atoms with Crippen LogP contribution in [0.3, 0.4) is 0 Å². The number of aromatic nitrogens is 2. The summed E-state index contributed by atoms with van der Waals surface area (Å²) in [6, 6.07) is 16.5. The summed E-state index contributed by atoms with van der Waals surface area (Å²) >= 11 is 0. The molecule has 1 unspecified atom stereocenters. The van der Waals surface area contributed by atoms with Crippen molar-refractivity contribution >= 4 is 5.91 Å². The molecule has 0 bridgehead atoms. The van der Waals surface area contributed by atoms with E-state index in [1.165, 1.54) is 0 Å². The lowest BCUT2D eigenvalue weighted by Crippen LogP contribution is -2.27. The van der Waals surface area contributed by atoms with Gasteiger partial charge in [-0.15, -0.1) is 0 Å². The lowest BCUT2D eigenvalue weighted by Gasteiger charge is -2.09. The maximum absolute atomic E-state index is 12.1. The van der Waals surface area contributed by atoms with Gasteiger partial charge in [-0.1, -0.05) is 41.1 Å². The third-order valence-corrected chi connectivity index (χ3v) is 3.51. The molecule has 5 nitrogen and oxygen atoms in total. The SMILES string of the molecule is Cc1ccc(-c2nc(C(C)NC(=O)c3ccccc3)no2)cc1. The molecule has 3 rings (SSSR count). The van der Waals surface area contributed by atoms with Gasteiger partial charge in [-0.3, -0.25) is 4.79 Å². The highest BCUT2D eigenvalue weighted by atomic mass is 16.5. The van der Waals surface area contributed by atoms with E-state index in [4.69, 9.17) is 4.52 Å². The fourth-order valence-electron chi connectivity index (χ4n) is 2.16. The Kier molecular flexibility index (Phi) is 4.19. The van der Waals surface area contributed by atoms with Gasteiger partial charge in [-0.2, -0.15) is 4.98 Å². The Balaban J connectivity index is 1.72. The molecule has 0 spiro atoms. The molecule has 1 amide bonds. The van der Waals surface area contributed by atoms with Crippen molar-refractivity contribution in [3.05, 3.63) is 71.5 Å². The molecular formula is C18H17N3O2. The van der Waals surface area contributed by atoms with Crippen molar-refractivity contribution in [1.29, 1.82) is 0 Å². The summed E-state index contributed by atoms with van der Waals surface area (Å²) in [5.74, 6) is 0.727. The largest absolute Gasteiger partial charge is 0.342 e. The standard InChI is InChI=1S/C18H17N3O2/c1-12-8-10-15(11-9-12)18-20-16(21-23-18)13(2)19-17(22)14-6-4-3-5-7-14/h3-11,13H,1-2H3,(H,19,22). The van der Waals surface area contributed by atoms with Crippen LogP contribution >= 0.6 is 0 Å². The smallest absolute Gasteiger partial charge is 0.257 e. The molecule has 2 aromatic carbocycles. The van der Waals surface area contributed by atoms with Crippen molar-refractivity contribution in [3.8, 4) is 11.5 Å². The van der Waals surface area contributed by atoms with Crippen LogP contribution in [-0.4, -0.2) is 16.0 Å². The molecule has 0 fully saturated rings. The molecule has 0 aliphatic heterocycles. The normalized spacial score (nSPS) is 11.9. The summed E-state index contributed by atoms with van der Waals surface area (Å²) in [5, 5.41) is 6.82. The quantitative estimate of drug-likeness (QED) is 0.800. The average Bonchev–Trinajstić information content (AvgIpc) is 3.06. The summed E-state index contributed by atoms with van der Waals surface area (Å²) in [5.41, 5.74) is 2.62. The highest BCUT2D eigenvalue weighted by molar-refractivity contribution is 5.94. The molecule has 3 aromatic rings. The zero-order valence-corrected chi connectivity index (χ0v) is 13.0. The summed E-state index contributed by atoms with van der Waals surface area (Å²) in [6.45, 7) is 3.84. The van der Waals surface area contributed by atoms with Gasteiger partial charge >= 0.3 is 0 Å². The zero-order valence-electron chi connectivity index (χ0n) is 13.0. The Labute approximate surface area is 134 Å². The zero-order chi connectivity index (χ0) is 16.2. The molecule has 0 saturated heterocycles. The van der Waals surface area contributed by atoms with E-state index in [9.17, 15) is 4.79 Å². The first-order chi connectivity index (χ1) is 11.1. The van der Waals surface area contributed by atoms with E-state index in [1.807, 2.05) is 56.3 Å². The van der Waals surface area contributed by atoms with E-state index in [1.54, 1.807) is 12.1 Å². The van der Waals surface area contributed by atoms with Gasteiger partial charge in [0.2, 0.25) is 0 Å². The van der Waals surface area contributed by atoms with Crippen LogP contribution in [0.15, 0.2) is 59.1 Å². The Morgan fingerprint density at radius 2 is 1.78 bits per heavy atom. The first kappa shape index (κ1) is 15.0. The molecule has 0 saturated carbocycles. The lowest BCUT2D eigenvalue weighted by atomic mass is 10.1. The van der Waals surface area contributed by atoms with Crippen LogP contribution in [0.25, 0.3) is 11.5 Å². The van der Waals surface area contributed by atoms with Crippen molar-refractivity contribution in [3.63, 3.8) is 0 Å². The fourth-order valence-corrected chi connectivity index (χ4v) is 2.16. The van der Waals surface area contributed by atoms with Crippen molar-refractivity contribution in [2.75, 3.05) is 0 Å². The first-order valence-corrected chi connectivity index (χ1v) is 7.40. The van der Waals surface area contributed by atoms with Crippen LogP contribution in [0, 0.1) is 6.92 Å². The number of aryl methyl sites for hydroxylation is 1. The van der Waals surface area contributed by atoms with E-state index >= 15 is 0 Å². The number of nitrogens with one attached hydrogen (secondary N) is 1. The Morgan fingerprint density at radius 1 is 1.09 bits per heavy atom. The van der Waals surface area contributed by atoms with Crippen LogP contribution in [-0.2, 0) is 0 Å². The highest BCUT2D eigenvalue weighted by Gasteiger charge is 2.17. The molecule has 116 valence electrons. The predicted molar refractivity (Wildman–Crippen MR) is 86.8 cm³/mol. The topological polar surface area (TPSA) is 68.0 Å². The van der Waals surface area contributed by atoms with Crippen LogP contribution in [0.1, 0.15) is 34.7 Å². The molecule has 1 atom stereocenters. The van der Waals surface area contributed by atoms with Crippen LogP contribution < -0.4 is 5.32 Å². The minimum absolute atomic E-state index is 0.167. The summed E-state index contributed by atoms with van der Waals surface area (Å²) in [6.07, 6.45) is 0. The van der Waals surface area contributed by atoms with Gasteiger partial charge in [0.1, 0.15) is 0 Å². The van der Waals surface area contributed by atoms with Crippen LogP contribution in [0.5, 0.6) is 0 Å². The number of benzene rings is 2. The molecule has 1 aromatic heterocycles. The van der Waals surface area contributed by atoms with Gasteiger partial charge < -0.3 is 9.84 Å². The van der Waals surface area contributed by atoms with E-state index < -0.39 is 0 Å². The van der Waals surface area contributed by atoms with Gasteiger partial charge in [-0.05, 0) is 38.1 Å². The van der Waals surface area contributed by atoms with Crippen molar-refractivity contribution < 1.29 is 9.32 Å². The Morgan fingerprint density at radius 3 is 2.48 bits per heavy atom. The van der Waals surface area contributed by atoms with Gasteiger partial charge in [-0.25, -0.2) is 0 Å². The highest BCUT2D eigenvalue weighted by Crippen LogP contribution is 2.19. The van der Waals surface area contributed by atoms with Crippen LogP contribution in [0.2, 0.25) is 0 Å². The van der Waals surface area contributed by atoms with Gasteiger partial charge in [0.25, 0.3) is 11.8 Å². The van der Waals surface area contributed by atoms with Gasteiger partial charge in [0, 0.05) is 11.1 Å². The third kappa shape index (κ3) is 3.45. The lowest BCUT2D eigenvalue weighted by molar-refractivity contribution is 0.0938. The maximum atomic E-state index is 12.1. The number of hydrogen-bond donors (Lipinski definition) is 1. The molecule has 5 heteroatoms. The van der Waals surface area contributed by atoms with E-state index in [0.29, 0.717) is 17.3 Å². The van der Waals surface area contributed by atoms with Crippen molar-refractivity contribution in [2.24, 2.45) is 0 Å². The predicted octanol–water partition coefficient (Wildman–Crippen LogP) is 3.54. The Hall–Kier alpha value is -2.95. The second-order valence-electron chi connectivity index (χ2n) is 5.38. The number of rotatable bonds is 4. The van der Waals surface area contributed by atoms with E-state index in [-0.39, 0.29) is 11.9 Å². The van der Waals surface area contributed by atoms with Gasteiger partial charge in [0.05, 0.1) is 6.04 Å². The average molecular weight is 307 g/mol. The molecule has 1 N–H and O–H groups in total. The molecule has 0 aliphatic rings. The summed E-state index contributed by atoms with van der Waals surface area (Å²) < 4.78 is 5.29. The minimum atomic E-state index is -0.342. The summed E-state index contributed by atoms with van der Waals surface area (Å²) in [4.78, 5) is 16.5. The van der Waals surface area contributed by atoms with Crippen molar-refractivity contribution in [1.82, 2.24) is 15.5 Å². The fraction of sp³-hybridized carbons (Fsp3) is 0.167. The Bertz CT molecular complexity index is 795. The summed E-state index contributed by atoms with van der Waals surface area (Å²) in [7, 11) is 0. The molecule has 23 heavy (non-hydrogen) atoms. The molecular weight excluding hydrogens is 290 g/mol. The first-order valence-electron chi connectivity index (χ1n) is 7.40. The number of carbonyl (C=O) groups excluding carboxylic acids is 1. The number of carbonyl (C=O) groups is 1. The molecule has 1 heterocycles. The van der Waals surface area contributed by atoms with Crippen molar-refractivity contribution in [2.45, 2.75) is 19.9 Å². The molecule has 0 aliphatic carbocycles. The second-order valence-corrected chi connectivity index (χ2v) is 5.38. The maximum Gasteiger partial charge on any atom is 0.257 e.